The van der Waals surface area contributed by atoms with E-state index < -0.39 is 0 Å². The third kappa shape index (κ3) is 2.71. The number of hydrogen-bond acceptors (Lipinski definition) is 6. The molecule has 1 heterocycles. The first-order chi connectivity index (χ1) is 9.21. The zero-order chi connectivity index (χ0) is 13.8. The Morgan fingerprint density at radius 1 is 1.42 bits per heavy atom. The molecule has 0 atom stereocenters. The SMILES string of the molecule is CCOc1c(OC)ccc(Br)c1-c1noc(CN)n1. The highest BCUT2D eigenvalue weighted by Gasteiger charge is 2.20. The molecule has 0 spiro atoms. The third-order valence-electron chi connectivity index (χ3n) is 2.45. The Kier molecular flexibility index (Phi) is 4.39. The lowest BCUT2D eigenvalue weighted by molar-refractivity contribution is 0.311. The van der Waals surface area contributed by atoms with Gasteiger partial charge in [-0.25, -0.2) is 0 Å². The highest BCUT2D eigenvalue weighted by atomic mass is 79.9. The molecule has 1 aromatic heterocycles. The molecule has 0 saturated carbocycles. The highest BCUT2D eigenvalue weighted by molar-refractivity contribution is 9.10. The third-order valence-corrected chi connectivity index (χ3v) is 3.11. The van der Waals surface area contributed by atoms with Gasteiger partial charge in [0.05, 0.1) is 25.8 Å². The summed E-state index contributed by atoms with van der Waals surface area (Å²) in [6.45, 7) is 2.59. The van der Waals surface area contributed by atoms with E-state index in [1.165, 1.54) is 0 Å². The normalized spacial score (nSPS) is 10.5. The van der Waals surface area contributed by atoms with Gasteiger partial charge in [-0.1, -0.05) is 5.16 Å². The lowest BCUT2D eigenvalue weighted by atomic mass is 10.1. The minimum absolute atomic E-state index is 0.193. The van der Waals surface area contributed by atoms with Crippen LogP contribution in [0.5, 0.6) is 11.5 Å². The van der Waals surface area contributed by atoms with E-state index >= 15 is 0 Å². The molecule has 0 aliphatic rings. The molecule has 1 aromatic carbocycles. The van der Waals surface area contributed by atoms with E-state index in [-0.39, 0.29) is 6.54 Å². The first kappa shape index (κ1) is 13.8. The second-order valence-corrected chi connectivity index (χ2v) is 4.46. The predicted molar refractivity (Wildman–Crippen MR) is 73.0 cm³/mol. The maximum atomic E-state index is 5.63. The molecule has 102 valence electrons. The first-order valence-electron chi connectivity index (χ1n) is 5.73. The number of nitrogens with zero attached hydrogens (tertiary/aromatic N) is 2. The predicted octanol–water partition coefficient (Wildman–Crippen LogP) is 2.37. The van der Waals surface area contributed by atoms with Crippen molar-refractivity contribution in [3.8, 4) is 22.9 Å². The van der Waals surface area contributed by atoms with Crippen molar-refractivity contribution in [2.75, 3.05) is 13.7 Å². The van der Waals surface area contributed by atoms with E-state index in [0.717, 1.165) is 4.47 Å². The van der Waals surface area contributed by atoms with Crippen molar-refractivity contribution in [2.24, 2.45) is 5.73 Å². The monoisotopic (exact) mass is 327 g/mol. The largest absolute Gasteiger partial charge is 0.493 e. The van der Waals surface area contributed by atoms with E-state index in [4.69, 9.17) is 19.7 Å². The summed E-state index contributed by atoms with van der Waals surface area (Å²) in [4.78, 5) is 4.21. The number of benzene rings is 1. The molecule has 0 unspecified atom stereocenters. The zero-order valence-corrected chi connectivity index (χ0v) is 12.2. The Balaban J connectivity index is 2.59. The fourth-order valence-electron chi connectivity index (χ4n) is 1.64. The molecule has 7 heteroatoms. The summed E-state index contributed by atoms with van der Waals surface area (Å²) in [6.07, 6.45) is 0. The van der Waals surface area contributed by atoms with Crippen LogP contribution in [0.3, 0.4) is 0 Å². The van der Waals surface area contributed by atoms with Gasteiger partial charge < -0.3 is 19.7 Å². The van der Waals surface area contributed by atoms with Crippen molar-refractivity contribution in [3.05, 3.63) is 22.5 Å². The second kappa shape index (κ2) is 6.03. The Labute approximate surface area is 119 Å². The molecule has 6 nitrogen and oxygen atoms in total. The summed E-state index contributed by atoms with van der Waals surface area (Å²) in [5, 5.41) is 3.90. The number of aromatic nitrogens is 2. The number of hydrogen-bond donors (Lipinski definition) is 1. The highest BCUT2D eigenvalue weighted by Crippen LogP contribution is 2.41. The Morgan fingerprint density at radius 3 is 2.79 bits per heavy atom. The van der Waals surface area contributed by atoms with E-state index in [2.05, 4.69) is 26.1 Å². The average Bonchev–Trinajstić information content (AvgIpc) is 2.88. The summed E-state index contributed by atoms with van der Waals surface area (Å²) in [5.41, 5.74) is 6.15. The fourth-order valence-corrected chi connectivity index (χ4v) is 2.13. The van der Waals surface area contributed by atoms with Gasteiger partial charge in [0.1, 0.15) is 0 Å². The maximum Gasteiger partial charge on any atom is 0.240 e. The molecule has 0 bridgehead atoms. The molecule has 2 aromatic rings. The Morgan fingerprint density at radius 2 is 2.21 bits per heavy atom. The van der Waals surface area contributed by atoms with Crippen LogP contribution in [-0.4, -0.2) is 23.9 Å². The summed E-state index contributed by atoms with van der Waals surface area (Å²) in [7, 11) is 1.58. The molecule has 19 heavy (non-hydrogen) atoms. The van der Waals surface area contributed by atoms with E-state index in [1.807, 2.05) is 19.1 Å². The fraction of sp³-hybridized carbons (Fsp3) is 0.333. The number of nitrogens with two attached hydrogens (primary N) is 1. The number of rotatable bonds is 5. The van der Waals surface area contributed by atoms with Crippen LogP contribution in [0.2, 0.25) is 0 Å². The molecule has 0 aliphatic carbocycles. The minimum atomic E-state index is 0.193. The van der Waals surface area contributed by atoms with Gasteiger partial charge in [-0.15, -0.1) is 0 Å². The summed E-state index contributed by atoms with van der Waals surface area (Å²) >= 11 is 3.46. The molecular formula is C12H14BrN3O3. The molecule has 0 radical (unpaired) electrons. The quantitative estimate of drug-likeness (QED) is 0.907. The lowest BCUT2D eigenvalue weighted by Gasteiger charge is -2.13. The Bertz CT molecular complexity index is 571. The number of methoxy groups -OCH3 is 1. The molecule has 0 fully saturated rings. The van der Waals surface area contributed by atoms with Crippen LogP contribution in [0.25, 0.3) is 11.4 Å². The van der Waals surface area contributed by atoms with Gasteiger partial charge in [-0.3, -0.25) is 0 Å². The number of ether oxygens (including phenoxy) is 2. The molecule has 0 saturated heterocycles. The number of halogens is 1. The maximum absolute atomic E-state index is 5.63. The van der Waals surface area contributed by atoms with Crippen LogP contribution in [0.15, 0.2) is 21.1 Å². The average molecular weight is 328 g/mol. The summed E-state index contributed by atoms with van der Waals surface area (Å²) < 4.78 is 16.7. The van der Waals surface area contributed by atoms with Gasteiger partial charge in [-0.2, -0.15) is 4.98 Å². The van der Waals surface area contributed by atoms with Gasteiger partial charge >= 0.3 is 0 Å². The smallest absolute Gasteiger partial charge is 0.240 e. The molecule has 2 N–H and O–H groups in total. The van der Waals surface area contributed by atoms with Gasteiger partial charge in [0, 0.05) is 4.47 Å². The van der Waals surface area contributed by atoms with Gasteiger partial charge in [0.2, 0.25) is 11.7 Å². The molecule has 0 amide bonds. The minimum Gasteiger partial charge on any atom is -0.493 e. The Hall–Kier alpha value is -1.60. The first-order valence-corrected chi connectivity index (χ1v) is 6.52. The van der Waals surface area contributed by atoms with Gasteiger partial charge in [-0.05, 0) is 35.0 Å². The van der Waals surface area contributed by atoms with Crippen molar-refractivity contribution in [3.63, 3.8) is 0 Å². The molecular weight excluding hydrogens is 314 g/mol. The van der Waals surface area contributed by atoms with Gasteiger partial charge in [0.25, 0.3) is 0 Å². The van der Waals surface area contributed by atoms with Crippen molar-refractivity contribution in [1.82, 2.24) is 10.1 Å². The lowest BCUT2D eigenvalue weighted by Crippen LogP contribution is -2.00. The van der Waals surface area contributed by atoms with Crippen molar-refractivity contribution in [2.45, 2.75) is 13.5 Å². The summed E-state index contributed by atoms with van der Waals surface area (Å²) in [6, 6.07) is 3.65. The van der Waals surface area contributed by atoms with Crippen LogP contribution in [-0.2, 0) is 6.54 Å². The van der Waals surface area contributed by atoms with Crippen molar-refractivity contribution < 1.29 is 14.0 Å². The van der Waals surface area contributed by atoms with Gasteiger partial charge in [0.15, 0.2) is 11.5 Å². The van der Waals surface area contributed by atoms with Crippen LogP contribution in [0, 0.1) is 0 Å². The van der Waals surface area contributed by atoms with Crippen molar-refractivity contribution in [1.29, 1.82) is 0 Å². The molecule has 0 aliphatic heterocycles. The summed E-state index contributed by atoms with van der Waals surface area (Å²) in [5.74, 6) is 1.96. The van der Waals surface area contributed by atoms with Crippen LogP contribution < -0.4 is 15.2 Å². The molecule has 2 rings (SSSR count). The van der Waals surface area contributed by atoms with Crippen LogP contribution >= 0.6 is 15.9 Å². The second-order valence-electron chi connectivity index (χ2n) is 3.60. The van der Waals surface area contributed by atoms with Crippen molar-refractivity contribution >= 4 is 15.9 Å². The van der Waals surface area contributed by atoms with Crippen LogP contribution in [0.4, 0.5) is 0 Å². The van der Waals surface area contributed by atoms with E-state index in [9.17, 15) is 0 Å². The van der Waals surface area contributed by atoms with E-state index in [1.54, 1.807) is 7.11 Å². The zero-order valence-electron chi connectivity index (χ0n) is 10.6. The van der Waals surface area contributed by atoms with Crippen LogP contribution in [0.1, 0.15) is 12.8 Å². The standard InChI is InChI=1S/C12H14BrN3O3/c1-3-18-11-8(17-2)5-4-7(13)10(11)12-15-9(6-14)19-16-12/h4-5H,3,6,14H2,1-2H3. The topological polar surface area (TPSA) is 83.4 Å². The van der Waals surface area contributed by atoms with E-state index in [0.29, 0.717) is 35.4 Å².